The maximum atomic E-state index is 13.0. The van der Waals surface area contributed by atoms with Gasteiger partial charge < -0.3 is 24.8 Å². The molecular weight excluding hydrogens is 428 g/mol. The summed E-state index contributed by atoms with van der Waals surface area (Å²) >= 11 is 0. The molecule has 0 radical (unpaired) electrons. The number of ether oxygens (including phenoxy) is 1. The fourth-order valence-electron chi connectivity index (χ4n) is 5.50. The molecule has 7 heteroatoms. The number of nitrogens with zero attached hydrogens (tertiary/aromatic N) is 2. The fraction of sp³-hybridized carbons (Fsp3) is 0.630. The Bertz CT molecular complexity index is 979. The minimum absolute atomic E-state index is 0.0206. The van der Waals surface area contributed by atoms with Crippen molar-refractivity contribution >= 4 is 22.7 Å². The van der Waals surface area contributed by atoms with Gasteiger partial charge in [-0.15, -0.1) is 0 Å². The summed E-state index contributed by atoms with van der Waals surface area (Å²) in [5.41, 5.74) is 1.51. The predicted octanol–water partition coefficient (Wildman–Crippen LogP) is 3.90. The van der Waals surface area contributed by atoms with Crippen LogP contribution < -0.4 is 10.1 Å². The Morgan fingerprint density at radius 3 is 2.71 bits per heavy atom. The van der Waals surface area contributed by atoms with E-state index in [1.54, 1.807) is 7.11 Å². The molecule has 2 aliphatic heterocycles. The van der Waals surface area contributed by atoms with Crippen LogP contribution in [0, 0.1) is 17.8 Å². The minimum Gasteiger partial charge on any atom is -0.497 e. The van der Waals surface area contributed by atoms with Crippen LogP contribution in [-0.2, 0) is 4.79 Å². The molecule has 0 aliphatic carbocycles. The average Bonchev–Trinajstić information content (AvgIpc) is 3.29. The van der Waals surface area contributed by atoms with Crippen molar-refractivity contribution in [2.24, 2.45) is 17.8 Å². The molecule has 0 unspecified atom stereocenters. The summed E-state index contributed by atoms with van der Waals surface area (Å²) in [6.45, 7) is 9.94. The Hall–Kier alpha value is -2.54. The van der Waals surface area contributed by atoms with Crippen LogP contribution in [0.4, 0.5) is 0 Å². The lowest BCUT2D eigenvalue weighted by Crippen LogP contribution is -2.43. The number of fused-ring (bicyclic) bond motifs is 1. The van der Waals surface area contributed by atoms with Crippen LogP contribution in [0.5, 0.6) is 5.75 Å². The molecule has 0 spiro atoms. The van der Waals surface area contributed by atoms with Crippen LogP contribution in [0.2, 0.25) is 0 Å². The summed E-state index contributed by atoms with van der Waals surface area (Å²) in [5, 5.41) is 4.15. The molecule has 2 aromatic rings. The van der Waals surface area contributed by atoms with Crippen LogP contribution >= 0.6 is 0 Å². The van der Waals surface area contributed by atoms with Crippen LogP contribution in [0.3, 0.4) is 0 Å². The van der Waals surface area contributed by atoms with Gasteiger partial charge >= 0.3 is 0 Å². The standard InChI is InChI=1S/C27H40N4O3/c1-19-6-4-12-30(18-19)13-5-11-28-26(32)20(2)21-9-14-31(15-10-21)27(33)25-16-22-7-8-23(34-3)17-24(22)29-25/h7-8,16-17,19-21,29H,4-6,9-15,18H2,1-3H3,(H,28,32)/t19-,20+/m1/s1. The van der Waals surface area contributed by atoms with Crippen LogP contribution in [0.1, 0.15) is 56.4 Å². The van der Waals surface area contributed by atoms with Crippen molar-refractivity contribution in [3.8, 4) is 5.75 Å². The van der Waals surface area contributed by atoms with E-state index in [4.69, 9.17) is 4.74 Å². The van der Waals surface area contributed by atoms with Crippen molar-refractivity contribution in [3.63, 3.8) is 0 Å². The second kappa shape index (κ2) is 11.3. The van der Waals surface area contributed by atoms with E-state index in [0.29, 0.717) is 24.7 Å². The number of H-pyrrole nitrogens is 1. The monoisotopic (exact) mass is 468 g/mol. The molecule has 2 saturated heterocycles. The van der Waals surface area contributed by atoms with Crippen LogP contribution in [-0.4, -0.2) is 73.0 Å². The van der Waals surface area contributed by atoms with Gasteiger partial charge in [0.2, 0.25) is 5.91 Å². The highest BCUT2D eigenvalue weighted by atomic mass is 16.5. The highest BCUT2D eigenvalue weighted by Crippen LogP contribution is 2.27. The number of methoxy groups -OCH3 is 1. The first-order chi connectivity index (χ1) is 16.4. The summed E-state index contributed by atoms with van der Waals surface area (Å²) in [5.74, 6) is 2.04. The Morgan fingerprint density at radius 1 is 1.18 bits per heavy atom. The van der Waals surface area contributed by atoms with E-state index in [1.807, 2.05) is 36.1 Å². The number of aromatic nitrogens is 1. The van der Waals surface area contributed by atoms with Crippen LogP contribution in [0.25, 0.3) is 10.9 Å². The number of benzene rings is 1. The second-order valence-electron chi connectivity index (χ2n) is 10.2. The topological polar surface area (TPSA) is 77.7 Å². The van der Waals surface area contributed by atoms with E-state index in [1.165, 1.54) is 25.9 Å². The number of carbonyl (C=O) groups is 2. The first-order valence-corrected chi connectivity index (χ1v) is 12.9. The van der Waals surface area contributed by atoms with Crippen molar-refractivity contribution in [1.82, 2.24) is 20.1 Å². The maximum Gasteiger partial charge on any atom is 0.270 e. The minimum atomic E-state index is -0.0206. The molecule has 2 fully saturated rings. The van der Waals surface area contributed by atoms with E-state index >= 15 is 0 Å². The van der Waals surface area contributed by atoms with Crippen molar-refractivity contribution in [2.45, 2.75) is 46.0 Å². The normalized spacial score (nSPS) is 20.9. The van der Waals surface area contributed by atoms with E-state index < -0.39 is 0 Å². The van der Waals surface area contributed by atoms with Gasteiger partial charge in [0.15, 0.2) is 0 Å². The number of hydrogen-bond donors (Lipinski definition) is 2. The van der Waals surface area contributed by atoms with Gasteiger partial charge in [-0.2, -0.15) is 0 Å². The average molecular weight is 469 g/mol. The van der Waals surface area contributed by atoms with Gasteiger partial charge in [0.05, 0.1) is 7.11 Å². The van der Waals surface area contributed by atoms with Gasteiger partial charge in [-0.05, 0) is 75.2 Å². The molecule has 186 valence electrons. The molecule has 0 bridgehead atoms. The molecule has 4 rings (SSSR count). The third-order valence-corrected chi connectivity index (χ3v) is 7.70. The molecule has 34 heavy (non-hydrogen) atoms. The van der Waals surface area contributed by atoms with Gasteiger partial charge in [-0.3, -0.25) is 9.59 Å². The largest absolute Gasteiger partial charge is 0.497 e. The molecule has 2 aliphatic rings. The summed E-state index contributed by atoms with van der Waals surface area (Å²) in [7, 11) is 1.64. The molecular formula is C27H40N4O3. The Balaban J connectivity index is 1.20. The zero-order valence-electron chi connectivity index (χ0n) is 20.9. The van der Waals surface area contributed by atoms with E-state index in [2.05, 4.69) is 22.1 Å². The van der Waals surface area contributed by atoms with E-state index in [-0.39, 0.29) is 17.7 Å². The summed E-state index contributed by atoms with van der Waals surface area (Å²) in [6, 6.07) is 7.67. The second-order valence-corrected chi connectivity index (χ2v) is 10.2. The first kappa shape index (κ1) is 24.6. The molecule has 0 saturated carbocycles. The molecule has 2 N–H and O–H groups in total. The number of rotatable bonds is 8. The number of carbonyl (C=O) groups excluding carboxylic acids is 2. The Kier molecular flexibility index (Phi) is 8.14. The zero-order chi connectivity index (χ0) is 24.1. The first-order valence-electron chi connectivity index (χ1n) is 12.9. The van der Waals surface area contributed by atoms with Gasteiger partial charge in [0.25, 0.3) is 5.91 Å². The highest BCUT2D eigenvalue weighted by Gasteiger charge is 2.30. The summed E-state index contributed by atoms with van der Waals surface area (Å²) in [4.78, 5) is 33.4. The molecule has 7 nitrogen and oxygen atoms in total. The molecule has 2 atom stereocenters. The lowest BCUT2D eigenvalue weighted by molar-refractivity contribution is -0.126. The Morgan fingerprint density at radius 2 is 1.97 bits per heavy atom. The molecule has 1 aromatic carbocycles. The lowest BCUT2D eigenvalue weighted by Gasteiger charge is -2.34. The molecule has 3 heterocycles. The van der Waals surface area contributed by atoms with E-state index in [0.717, 1.165) is 54.9 Å². The number of piperidine rings is 2. The number of likely N-dealkylation sites (tertiary alicyclic amines) is 2. The van der Waals surface area contributed by atoms with Gasteiger partial charge in [-0.25, -0.2) is 0 Å². The number of amides is 2. The van der Waals surface area contributed by atoms with E-state index in [9.17, 15) is 9.59 Å². The van der Waals surface area contributed by atoms with Gasteiger partial charge in [-0.1, -0.05) is 13.8 Å². The summed E-state index contributed by atoms with van der Waals surface area (Å²) < 4.78 is 5.27. The van der Waals surface area contributed by atoms with Crippen molar-refractivity contribution in [2.75, 3.05) is 46.4 Å². The third kappa shape index (κ3) is 5.93. The van der Waals surface area contributed by atoms with Gasteiger partial charge in [0.1, 0.15) is 11.4 Å². The zero-order valence-corrected chi connectivity index (χ0v) is 20.9. The fourth-order valence-corrected chi connectivity index (χ4v) is 5.50. The highest BCUT2D eigenvalue weighted by molar-refractivity contribution is 5.98. The smallest absolute Gasteiger partial charge is 0.270 e. The summed E-state index contributed by atoms with van der Waals surface area (Å²) in [6.07, 6.45) is 5.36. The van der Waals surface area contributed by atoms with Gasteiger partial charge in [0, 0.05) is 49.1 Å². The number of hydrogen-bond acceptors (Lipinski definition) is 4. The predicted molar refractivity (Wildman–Crippen MR) is 135 cm³/mol. The number of nitrogens with one attached hydrogen (secondary N) is 2. The maximum absolute atomic E-state index is 13.0. The molecule has 1 aromatic heterocycles. The van der Waals surface area contributed by atoms with Crippen LogP contribution in [0.15, 0.2) is 24.3 Å². The Labute approximate surface area is 203 Å². The number of aromatic amines is 1. The van der Waals surface area contributed by atoms with Crippen molar-refractivity contribution < 1.29 is 14.3 Å². The SMILES string of the molecule is COc1ccc2cc(C(=O)N3CCC([C@H](C)C(=O)NCCCN4CCC[C@@H](C)C4)CC3)[nH]c2c1. The third-order valence-electron chi connectivity index (χ3n) is 7.70. The lowest BCUT2D eigenvalue weighted by atomic mass is 9.84. The van der Waals surface area contributed by atoms with Crippen molar-refractivity contribution in [3.05, 3.63) is 30.0 Å². The molecule has 2 amide bonds. The quantitative estimate of drug-likeness (QED) is 0.576. The van der Waals surface area contributed by atoms with Crippen molar-refractivity contribution in [1.29, 1.82) is 0 Å².